The molecule has 1 aliphatic rings. The van der Waals surface area contributed by atoms with Crippen molar-refractivity contribution in [1.29, 1.82) is 0 Å². The number of hydrogen-bond acceptors (Lipinski definition) is 6. The highest BCUT2D eigenvalue weighted by Gasteiger charge is 2.28. The number of rotatable bonds is 6. The van der Waals surface area contributed by atoms with Crippen molar-refractivity contribution in [3.63, 3.8) is 0 Å². The lowest BCUT2D eigenvalue weighted by atomic mass is 9.97. The van der Waals surface area contributed by atoms with Crippen LogP contribution in [0.3, 0.4) is 0 Å². The van der Waals surface area contributed by atoms with Gasteiger partial charge in [0, 0.05) is 19.6 Å². The zero-order chi connectivity index (χ0) is 23.7. The fraction of sp³-hybridized carbons (Fsp3) is 0.346. The Kier molecular flexibility index (Phi) is 6.24. The number of anilines is 1. The number of piperidine rings is 1. The molecule has 7 nitrogen and oxygen atoms in total. The first-order valence-corrected chi connectivity index (χ1v) is 12.4. The number of nitrogens with one attached hydrogen (secondary N) is 1. The Bertz CT molecular complexity index is 1310. The first-order chi connectivity index (χ1) is 16.5. The Morgan fingerprint density at radius 3 is 2.79 bits per heavy atom. The fourth-order valence-corrected chi connectivity index (χ4v) is 5.50. The standard InChI is InChI=1S/C26H29N5O2S/c1-17-6-4-7-19(14-17)15-27-25(32)20-8-5-13-30(16-20)26-28-24-23(34-26)18(2)29-31(24)21-9-11-22(33-3)12-10-21/h4,6-7,9-12,14,20H,5,8,13,15-16H2,1-3H3,(H,27,32)/t20-/m1/s1. The predicted molar refractivity (Wildman–Crippen MR) is 136 cm³/mol. The van der Waals surface area contributed by atoms with Crippen LogP contribution in [0.5, 0.6) is 5.75 Å². The summed E-state index contributed by atoms with van der Waals surface area (Å²) in [5.41, 5.74) is 5.09. The molecule has 34 heavy (non-hydrogen) atoms. The second-order valence-electron chi connectivity index (χ2n) is 8.84. The third-order valence-electron chi connectivity index (χ3n) is 6.31. The molecule has 1 atom stereocenters. The van der Waals surface area contributed by atoms with Crippen LogP contribution in [0.2, 0.25) is 0 Å². The lowest BCUT2D eigenvalue weighted by Gasteiger charge is -2.31. The van der Waals surface area contributed by atoms with Crippen LogP contribution in [0, 0.1) is 19.8 Å². The van der Waals surface area contributed by atoms with Gasteiger partial charge in [-0.25, -0.2) is 4.68 Å². The Morgan fingerprint density at radius 2 is 2.03 bits per heavy atom. The van der Waals surface area contributed by atoms with Gasteiger partial charge >= 0.3 is 0 Å². The molecule has 1 saturated heterocycles. The maximum absolute atomic E-state index is 12.9. The van der Waals surface area contributed by atoms with Crippen molar-refractivity contribution in [2.45, 2.75) is 33.2 Å². The molecular weight excluding hydrogens is 446 g/mol. The van der Waals surface area contributed by atoms with E-state index < -0.39 is 0 Å². The summed E-state index contributed by atoms with van der Waals surface area (Å²) >= 11 is 1.65. The molecule has 8 heteroatoms. The molecule has 2 aromatic heterocycles. The van der Waals surface area contributed by atoms with Crippen molar-refractivity contribution in [3.05, 3.63) is 65.4 Å². The van der Waals surface area contributed by atoms with Crippen LogP contribution in [-0.2, 0) is 11.3 Å². The number of nitrogens with zero attached hydrogens (tertiary/aromatic N) is 4. The summed E-state index contributed by atoms with van der Waals surface area (Å²) in [6.07, 6.45) is 1.88. The SMILES string of the molecule is COc1ccc(-n2nc(C)c3sc(N4CCC[C@@H](C(=O)NCc5cccc(C)c5)C4)nc32)cc1. The predicted octanol–water partition coefficient (Wildman–Crippen LogP) is 4.64. The van der Waals surface area contributed by atoms with Crippen LogP contribution in [-0.4, -0.2) is 40.9 Å². The van der Waals surface area contributed by atoms with Gasteiger partial charge in [0.15, 0.2) is 10.8 Å². The minimum atomic E-state index is -0.0373. The largest absolute Gasteiger partial charge is 0.497 e. The number of methoxy groups -OCH3 is 1. The van der Waals surface area contributed by atoms with E-state index in [2.05, 4.69) is 35.3 Å². The number of amides is 1. The third kappa shape index (κ3) is 4.50. The number of hydrogen-bond donors (Lipinski definition) is 1. The van der Waals surface area contributed by atoms with Gasteiger partial charge in [-0.05, 0) is 56.5 Å². The highest BCUT2D eigenvalue weighted by atomic mass is 32.1. The van der Waals surface area contributed by atoms with Gasteiger partial charge in [0.25, 0.3) is 0 Å². The zero-order valence-electron chi connectivity index (χ0n) is 19.7. The van der Waals surface area contributed by atoms with Crippen LogP contribution in [0.25, 0.3) is 16.0 Å². The van der Waals surface area contributed by atoms with E-state index in [0.717, 1.165) is 57.6 Å². The molecule has 0 aliphatic carbocycles. The first-order valence-electron chi connectivity index (χ1n) is 11.6. The Labute approximate surface area is 203 Å². The van der Waals surface area contributed by atoms with E-state index in [4.69, 9.17) is 14.8 Å². The maximum Gasteiger partial charge on any atom is 0.225 e. The van der Waals surface area contributed by atoms with Crippen LogP contribution < -0.4 is 15.0 Å². The topological polar surface area (TPSA) is 72.3 Å². The molecule has 3 heterocycles. The number of benzene rings is 2. The molecule has 1 fully saturated rings. The quantitative estimate of drug-likeness (QED) is 0.440. The monoisotopic (exact) mass is 475 g/mol. The van der Waals surface area contributed by atoms with E-state index in [0.29, 0.717) is 13.1 Å². The highest BCUT2D eigenvalue weighted by molar-refractivity contribution is 7.22. The van der Waals surface area contributed by atoms with Crippen LogP contribution >= 0.6 is 11.3 Å². The van der Waals surface area contributed by atoms with Crippen LogP contribution in [0.4, 0.5) is 5.13 Å². The zero-order valence-corrected chi connectivity index (χ0v) is 20.6. The molecule has 5 rings (SSSR count). The van der Waals surface area contributed by atoms with Gasteiger partial charge in [-0.2, -0.15) is 10.1 Å². The van der Waals surface area contributed by atoms with Gasteiger partial charge < -0.3 is 15.0 Å². The molecule has 4 aromatic rings. The van der Waals surface area contributed by atoms with E-state index in [-0.39, 0.29) is 11.8 Å². The summed E-state index contributed by atoms with van der Waals surface area (Å²) in [6.45, 7) is 6.24. The summed E-state index contributed by atoms with van der Waals surface area (Å²) in [6, 6.07) is 16.1. The lowest BCUT2D eigenvalue weighted by molar-refractivity contribution is -0.125. The Morgan fingerprint density at radius 1 is 1.21 bits per heavy atom. The van der Waals surface area contributed by atoms with Crippen molar-refractivity contribution >= 4 is 32.7 Å². The third-order valence-corrected chi connectivity index (χ3v) is 7.52. The number of carbonyl (C=O) groups excluding carboxylic acids is 1. The minimum absolute atomic E-state index is 0.0373. The van der Waals surface area contributed by atoms with Crippen molar-refractivity contribution in [1.82, 2.24) is 20.1 Å². The Hall–Kier alpha value is -3.39. The number of aryl methyl sites for hydroxylation is 2. The molecule has 1 N–H and O–H groups in total. The van der Waals surface area contributed by atoms with Crippen LogP contribution in [0.1, 0.15) is 29.7 Å². The van der Waals surface area contributed by atoms with E-state index in [1.165, 1.54) is 5.56 Å². The molecule has 0 spiro atoms. The lowest BCUT2D eigenvalue weighted by Crippen LogP contribution is -2.43. The van der Waals surface area contributed by atoms with Gasteiger partial charge in [-0.15, -0.1) is 0 Å². The number of fused-ring (bicyclic) bond motifs is 1. The molecule has 1 amide bonds. The Balaban J connectivity index is 1.31. The average molecular weight is 476 g/mol. The van der Waals surface area contributed by atoms with Crippen LogP contribution in [0.15, 0.2) is 48.5 Å². The molecule has 0 saturated carbocycles. The minimum Gasteiger partial charge on any atom is -0.497 e. The maximum atomic E-state index is 12.9. The summed E-state index contributed by atoms with van der Waals surface area (Å²) in [5, 5.41) is 8.79. The van der Waals surface area contributed by atoms with E-state index in [9.17, 15) is 4.79 Å². The highest BCUT2D eigenvalue weighted by Crippen LogP contribution is 2.34. The van der Waals surface area contributed by atoms with Crippen molar-refractivity contribution < 1.29 is 9.53 Å². The molecule has 0 unspecified atom stereocenters. The number of ether oxygens (including phenoxy) is 1. The second kappa shape index (κ2) is 9.46. The van der Waals surface area contributed by atoms with Crippen molar-refractivity contribution in [3.8, 4) is 11.4 Å². The summed E-state index contributed by atoms with van der Waals surface area (Å²) in [5.74, 6) is 0.889. The first kappa shape index (κ1) is 22.4. The van der Waals surface area contributed by atoms with Gasteiger partial charge in [0.2, 0.25) is 5.91 Å². The van der Waals surface area contributed by atoms with E-state index in [1.807, 2.05) is 41.9 Å². The fourth-order valence-electron chi connectivity index (χ4n) is 4.48. The van der Waals surface area contributed by atoms with Crippen molar-refractivity contribution in [2.75, 3.05) is 25.1 Å². The second-order valence-corrected chi connectivity index (χ2v) is 9.81. The normalized spacial score (nSPS) is 16.1. The van der Waals surface area contributed by atoms with E-state index >= 15 is 0 Å². The summed E-state index contributed by atoms with van der Waals surface area (Å²) in [4.78, 5) is 20.1. The average Bonchev–Trinajstić information content (AvgIpc) is 3.43. The van der Waals surface area contributed by atoms with Gasteiger partial charge in [0.05, 0.1) is 29.1 Å². The number of thiazole rings is 1. The van der Waals surface area contributed by atoms with Gasteiger partial charge in [0.1, 0.15) is 5.75 Å². The van der Waals surface area contributed by atoms with Gasteiger partial charge in [-0.3, -0.25) is 4.79 Å². The smallest absolute Gasteiger partial charge is 0.225 e. The molecule has 1 aliphatic heterocycles. The molecule has 0 radical (unpaired) electrons. The number of carbonyl (C=O) groups is 1. The molecule has 0 bridgehead atoms. The molecular formula is C26H29N5O2S. The van der Waals surface area contributed by atoms with E-state index in [1.54, 1.807) is 18.4 Å². The van der Waals surface area contributed by atoms with Gasteiger partial charge in [-0.1, -0.05) is 41.2 Å². The van der Waals surface area contributed by atoms with Crippen molar-refractivity contribution in [2.24, 2.45) is 5.92 Å². The summed E-state index contributed by atoms with van der Waals surface area (Å²) in [7, 11) is 1.66. The molecule has 176 valence electrons. The number of aromatic nitrogens is 3. The summed E-state index contributed by atoms with van der Waals surface area (Å²) < 4.78 is 8.24. The molecule has 2 aromatic carbocycles.